The van der Waals surface area contributed by atoms with Crippen molar-refractivity contribution in [3.8, 4) is 0 Å². The topological polar surface area (TPSA) is 98.7 Å². The third-order valence-corrected chi connectivity index (χ3v) is 3.41. The predicted molar refractivity (Wildman–Crippen MR) is 74.5 cm³/mol. The molecular weight excluding hydrogens is 282 g/mol. The predicted octanol–water partition coefficient (Wildman–Crippen LogP) is 0.651. The van der Waals surface area contributed by atoms with Crippen LogP contribution in [0.5, 0.6) is 0 Å². The Morgan fingerprint density at radius 2 is 2.10 bits per heavy atom. The lowest BCUT2D eigenvalue weighted by atomic mass is 10.2. The Balaban J connectivity index is 2.44. The van der Waals surface area contributed by atoms with Crippen LogP contribution in [-0.4, -0.2) is 48.6 Å². The quantitative estimate of drug-likeness (QED) is 0.718. The van der Waals surface area contributed by atoms with Gasteiger partial charge in [0.15, 0.2) is 6.04 Å². The third kappa shape index (κ3) is 4.88. The minimum atomic E-state index is -1.13. The first-order valence-corrected chi connectivity index (χ1v) is 6.80. The summed E-state index contributed by atoms with van der Waals surface area (Å²) in [5.74, 6) is -1.25. The minimum Gasteiger partial charge on any atom is -0.479 e. The second-order valence-electron chi connectivity index (χ2n) is 4.23. The van der Waals surface area contributed by atoms with Crippen molar-refractivity contribution in [2.75, 3.05) is 20.6 Å². The second-order valence-corrected chi connectivity index (χ2v) is 5.20. The van der Waals surface area contributed by atoms with Crippen molar-refractivity contribution in [3.05, 3.63) is 22.4 Å². The standard InChI is InChI=1S/C12H17N3O4S/c1-15(2)9(16)5-6-13-12(19)14-10(11(17)18)8-4-3-7-20-8/h3-4,7,10H,5-6H2,1-2H3,(H,17,18)(H2,13,14,19). The molecule has 1 aromatic heterocycles. The number of hydrogen-bond donors (Lipinski definition) is 3. The summed E-state index contributed by atoms with van der Waals surface area (Å²) in [6.45, 7) is 0.152. The Morgan fingerprint density at radius 1 is 1.40 bits per heavy atom. The molecule has 1 atom stereocenters. The van der Waals surface area contributed by atoms with Crippen molar-refractivity contribution in [2.24, 2.45) is 0 Å². The Hall–Kier alpha value is -2.09. The van der Waals surface area contributed by atoms with Gasteiger partial charge in [-0.2, -0.15) is 0 Å². The van der Waals surface area contributed by atoms with Crippen molar-refractivity contribution in [1.82, 2.24) is 15.5 Å². The average molecular weight is 299 g/mol. The molecule has 0 aromatic carbocycles. The number of amides is 3. The van der Waals surface area contributed by atoms with E-state index in [0.29, 0.717) is 4.88 Å². The molecule has 0 radical (unpaired) electrons. The fourth-order valence-corrected chi connectivity index (χ4v) is 2.17. The van der Waals surface area contributed by atoms with Gasteiger partial charge in [0.25, 0.3) is 0 Å². The van der Waals surface area contributed by atoms with Gasteiger partial charge in [0.2, 0.25) is 5.91 Å². The highest BCUT2D eigenvalue weighted by Gasteiger charge is 2.22. The lowest BCUT2D eigenvalue weighted by molar-refractivity contribution is -0.139. The molecule has 1 heterocycles. The lowest BCUT2D eigenvalue weighted by Gasteiger charge is -2.14. The van der Waals surface area contributed by atoms with E-state index in [0.717, 1.165) is 0 Å². The number of nitrogens with zero attached hydrogens (tertiary/aromatic N) is 1. The molecule has 0 bridgehead atoms. The van der Waals surface area contributed by atoms with Crippen LogP contribution in [0.15, 0.2) is 17.5 Å². The van der Waals surface area contributed by atoms with E-state index in [1.807, 2.05) is 0 Å². The maximum absolute atomic E-state index is 11.6. The summed E-state index contributed by atoms with van der Waals surface area (Å²) < 4.78 is 0. The van der Waals surface area contributed by atoms with E-state index in [-0.39, 0.29) is 18.9 Å². The Kier molecular flexibility index (Phi) is 5.98. The average Bonchev–Trinajstić information content (AvgIpc) is 2.88. The van der Waals surface area contributed by atoms with Crippen LogP contribution in [0.1, 0.15) is 17.3 Å². The zero-order chi connectivity index (χ0) is 15.1. The molecule has 1 unspecified atom stereocenters. The molecule has 0 saturated heterocycles. The SMILES string of the molecule is CN(C)C(=O)CCNC(=O)NC(C(=O)O)c1cccs1. The van der Waals surface area contributed by atoms with Crippen LogP contribution in [0.2, 0.25) is 0 Å². The molecule has 3 amide bonds. The van der Waals surface area contributed by atoms with Gasteiger partial charge in [-0.1, -0.05) is 6.07 Å². The molecule has 1 aromatic rings. The summed E-state index contributed by atoms with van der Waals surface area (Å²) in [6, 6.07) is 1.65. The van der Waals surface area contributed by atoms with E-state index in [2.05, 4.69) is 10.6 Å². The first kappa shape index (κ1) is 16.0. The number of carboxylic acid groups (broad SMARTS) is 1. The first-order valence-electron chi connectivity index (χ1n) is 5.92. The summed E-state index contributed by atoms with van der Waals surface area (Å²) >= 11 is 1.25. The van der Waals surface area contributed by atoms with Gasteiger partial charge in [0.05, 0.1) is 0 Å². The number of carboxylic acids is 1. The Morgan fingerprint density at radius 3 is 2.60 bits per heavy atom. The smallest absolute Gasteiger partial charge is 0.331 e. The maximum Gasteiger partial charge on any atom is 0.331 e. The largest absolute Gasteiger partial charge is 0.479 e. The van der Waals surface area contributed by atoms with E-state index in [1.54, 1.807) is 31.6 Å². The number of hydrogen-bond acceptors (Lipinski definition) is 4. The maximum atomic E-state index is 11.6. The van der Waals surface area contributed by atoms with E-state index in [1.165, 1.54) is 16.2 Å². The highest BCUT2D eigenvalue weighted by molar-refractivity contribution is 7.10. The molecular formula is C12H17N3O4S. The highest BCUT2D eigenvalue weighted by Crippen LogP contribution is 2.18. The lowest BCUT2D eigenvalue weighted by Crippen LogP contribution is -2.41. The molecule has 1 rings (SSSR count). The van der Waals surface area contributed by atoms with Gasteiger partial charge in [0, 0.05) is 31.9 Å². The number of aliphatic carboxylic acids is 1. The van der Waals surface area contributed by atoms with Crippen LogP contribution in [-0.2, 0) is 9.59 Å². The van der Waals surface area contributed by atoms with Gasteiger partial charge in [-0.05, 0) is 11.4 Å². The van der Waals surface area contributed by atoms with E-state index >= 15 is 0 Å². The number of thiophene rings is 1. The van der Waals surface area contributed by atoms with E-state index < -0.39 is 18.0 Å². The van der Waals surface area contributed by atoms with Gasteiger partial charge < -0.3 is 20.6 Å². The fraction of sp³-hybridized carbons (Fsp3) is 0.417. The highest BCUT2D eigenvalue weighted by atomic mass is 32.1. The third-order valence-electron chi connectivity index (χ3n) is 2.47. The Bertz CT molecular complexity index is 473. The molecule has 0 fully saturated rings. The molecule has 8 heteroatoms. The van der Waals surface area contributed by atoms with Gasteiger partial charge in [0.1, 0.15) is 0 Å². The normalized spacial score (nSPS) is 11.5. The van der Waals surface area contributed by atoms with Crippen LogP contribution >= 0.6 is 11.3 Å². The summed E-state index contributed by atoms with van der Waals surface area (Å²) in [4.78, 5) is 36.0. The molecule has 110 valence electrons. The molecule has 0 saturated carbocycles. The van der Waals surface area contributed by atoms with Crippen LogP contribution < -0.4 is 10.6 Å². The van der Waals surface area contributed by atoms with Crippen LogP contribution in [0, 0.1) is 0 Å². The molecule has 20 heavy (non-hydrogen) atoms. The number of urea groups is 1. The van der Waals surface area contributed by atoms with Gasteiger partial charge >= 0.3 is 12.0 Å². The first-order chi connectivity index (χ1) is 9.41. The summed E-state index contributed by atoms with van der Waals surface area (Å²) in [5.41, 5.74) is 0. The van der Waals surface area contributed by atoms with Crippen molar-refractivity contribution in [3.63, 3.8) is 0 Å². The van der Waals surface area contributed by atoms with Crippen molar-refractivity contribution < 1.29 is 19.5 Å². The van der Waals surface area contributed by atoms with E-state index in [4.69, 9.17) is 5.11 Å². The zero-order valence-electron chi connectivity index (χ0n) is 11.3. The van der Waals surface area contributed by atoms with Crippen molar-refractivity contribution in [2.45, 2.75) is 12.5 Å². The van der Waals surface area contributed by atoms with Crippen LogP contribution in [0.4, 0.5) is 4.79 Å². The molecule has 0 spiro atoms. The molecule has 0 aliphatic rings. The van der Waals surface area contributed by atoms with Crippen molar-refractivity contribution in [1.29, 1.82) is 0 Å². The summed E-state index contributed by atoms with van der Waals surface area (Å²) in [6.07, 6.45) is 0.164. The van der Waals surface area contributed by atoms with Crippen LogP contribution in [0.25, 0.3) is 0 Å². The number of nitrogens with one attached hydrogen (secondary N) is 2. The molecule has 0 aliphatic heterocycles. The molecule has 3 N–H and O–H groups in total. The van der Waals surface area contributed by atoms with E-state index in [9.17, 15) is 14.4 Å². The molecule has 7 nitrogen and oxygen atoms in total. The monoisotopic (exact) mass is 299 g/mol. The molecule has 0 aliphatic carbocycles. The minimum absolute atomic E-state index is 0.113. The van der Waals surface area contributed by atoms with Crippen molar-refractivity contribution >= 4 is 29.2 Å². The summed E-state index contributed by atoms with van der Waals surface area (Å²) in [7, 11) is 3.25. The number of carbonyl (C=O) groups excluding carboxylic acids is 2. The van der Waals surface area contributed by atoms with Crippen LogP contribution in [0.3, 0.4) is 0 Å². The number of carbonyl (C=O) groups is 3. The van der Waals surface area contributed by atoms with Gasteiger partial charge in [-0.15, -0.1) is 11.3 Å². The zero-order valence-corrected chi connectivity index (χ0v) is 12.1. The Labute approximate surface area is 120 Å². The second kappa shape index (κ2) is 7.49. The van der Waals surface area contributed by atoms with Gasteiger partial charge in [-0.25, -0.2) is 9.59 Å². The summed E-state index contributed by atoms with van der Waals surface area (Å²) in [5, 5.41) is 15.6. The van der Waals surface area contributed by atoms with Gasteiger partial charge in [-0.3, -0.25) is 4.79 Å². The number of rotatable bonds is 6. The fourth-order valence-electron chi connectivity index (χ4n) is 1.40.